The van der Waals surface area contributed by atoms with Gasteiger partial charge in [0.2, 0.25) is 5.91 Å². The lowest BCUT2D eigenvalue weighted by atomic mass is 9.95. The van der Waals surface area contributed by atoms with Crippen LogP contribution in [0.4, 0.5) is 0 Å². The summed E-state index contributed by atoms with van der Waals surface area (Å²) in [5, 5.41) is 6.66. The largest absolute Gasteiger partial charge is 0.354 e. The number of carbonyl (C=O) groups excluding carboxylic acids is 1. The molecule has 0 spiro atoms. The molecule has 0 aliphatic heterocycles. The first kappa shape index (κ1) is 15.3. The van der Waals surface area contributed by atoms with E-state index >= 15 is 0 Å². The minimum atomic E-state index is -0.321. The van der Waals surface area contributed by atoms with Gasteiger partial charge >= 0.3 is 0 Å². The van der Waals surface area contributed by atoms with Gasteiger partial charge in [0.25, 0.3) is 0 Å². The van der Waals surface area contributed by atoms with Gasteiger partial charge in [0.15, 0.2) is 0 Å². The molecule has 2 N–H and O–H groups in total. The average Bonchev–Trinajstić information content (AvgIpc) is 3.10. The Bertz CT molecular complexity index is 419. The van der Waals surface area contributed by atoms with E-state index in [4.69, 9.17) is 11.6 Å². The van der Waals surface area contributed by atoms with Crippen LogP contribution in [0, 0.1) is 0 Å². The summed E-state index contributed by atoms with van der Waals surface area (Å²) < 4.78 is 0. The predicted octanol–water partition coefficient (Wildman–Crippen LogP) is 2.13. The van der Waals surface area contributed by atoms with Gasteiger partial charge in [-0.3, -0.25) is 4.79 Å². The van der Waals surface area contributed by atoms with Crippen molar-refractivity contribution in [1.29, 1.82) is 0 Å². The summed E-state index contributed by atoms with van der Waals surface area (Å²) in [4.78, 5) is 12.1. The molecule has 0 atom stereocenters. The zero-order valence-electron chi connectivity index (χ0n) is 10.3. The van der Waals surface area contributed by atoms with Crippen LogP contribution in [0.1, 0.15) is 18.4 Å². The summed E-state index contributed by atoms with van der Waals surface area (Å²) in [6.45, 7) is 1.45. The first-order valence-electron chi connectivity index (χ1n) is 5.88. The summed E-state index contributed by atoms with van der Waals surface area (Å²) in [5.74, 6) is 0.120. The van der Waals surface area contributed by atoms with E-state index in [1.54, 1.807) is 0 Å². The van der Waals surface area contributed by atoms with Crippen molar-refractivity contribution in [2.24, 2.45) is 0 Å². The van der Waals surface area contributed by atoms with Gasteiger partial charge in [0.1, 0.15) is 0 Å². The number of hydrogen-bond acceptors (Lipinski definition) is 2. The molecule has 0 bridgehead atoms. The Labute approximate surface area is 119 Å². The molecule has 0 saturated heterocycles. The number of halogens is 2. The van der Waals surface area contributed by atoms with E-state index < -0.39 is 0 Å². The second-order valence-electron chi connectivity index (χ2n) is 4.45. The number of benzene rings is 1. The molecule has 2 rings (SSSR count). The summed E-state index contributed by atoms with van der Waals surface area (Å²) >= 11 is 5.97. The Morgan fingerprint density at radius 2 is 2.11 bits per heavy atom. The molecule has 1 aromatic rings. The molecular formula is C13H18Cl2N2O. The van der Waals surface area contributed by atoms with Gasteiger partial charge in [-0.15, -0.1) is 12.4 Å². The lowest BCUT2D eigenvalue weighted by Crippen LogP contribution is -2.38. The Balaban J connectivity index is 0.00000162. The first-order valence-corrected chi connectivity index (χ1v) is 6.26. The van der Waals surface area contributed by atoms with Crippen molar-refractivity contribution in [2.45, 2.75) is 18.3 Å². The summed E-state index contributed by atoms with van der Waals surface area (Å²) in [5.41, 5.74) is 0.713. The molecule has 0 heterocycles. The highest BCUT2D eigenvalue weighted by Gasteiger charge is 2.51. The molecule has 1 aromatic carbocycles. The molecule has 1 fully saturated rings. The minimum Gasteiger partial charge on any atom is -0.354 e. The summed E-state index contributed by atoms with van der Waals surface area (Å²) in [6.07, 6.45) is 1.83. The Kier molecular flexibility index (Phi) is 5.45. The van der Waals surface area contributed by atoms with E-state index in [2.05, 4.69) is 10.6 Å². The third kappa shape index (κ3) is 3.16. The van der Waals surface area contributed by atoms with Crippen molar-refractivity contribution in [2.75, 3.05) is 20.1 Å². The fraction of sp³-hybridized carbons (Fsp3) is 0.462. The fourth-order valence-corrected chi connectivity index (χ4v) is 2.22. The monoisotopic (exact) mass is 288 g/mol. The van der Waals surface area contributed by atoms with Crippen LogP contribution in [0.2, 0.25) is 5.02 Å². The Hall–Kier alpha value is -0.770. The third-order valence-electron chi connectivity index (χ3n) is 3.22. The first-order chi connectivity index (χ1) is 8.19. The maximum atomic E-state index is 12.1. The van der Waals surface area contributed by atoms with E-state index in [1.165, 1.54) is 0 Å². The molecule has 0 radical (unpaired) electrons. The normalized spacial score (nSPS) is 15.7. The zero-order chi connectivity index (χ0) is 12.3. The average molecular weight is 289 g/mol. The number of likely N-dealkylation sites (N-methyl/N-ethyl adjacent to an activating group) is 1. The highest BCUT2D eigenvalue weighted by Crippen LogP contribution is 2.48. The minimum absolute atomic E-state index is 0. The van der Waals surface area contributed by atoms with Crippen LogP contribution < -0.4 is 10.6 Å². The second kappa shape index (κ2) is 6.41. The quantitative estimate of drug-likeness (QED) is 0.815. The van der Waals surface area contributed by atoms with Crippen molar-refractivity contribution >= 4 is 29.9 Å². The van der Waals surface area contributed by atoms with Crippen molar-refractivity contribution in [3.05, 3.63) is 34.9 Å². The number of hydrogen-bond donors (Lipinski definition) is 2. The Morgan fingerprint density at radius 3 is 2.67 bits per heavy atom. The number of amides is 1. The molecule has 3 nitrogen and oxygen atoms in total. The molecule has 1 amide bonds. The van der Waals surface area contributed by atoms with Gasteiger partial charge < -0.3 is 10.6 Å². The molecule has 0 unspecified atom stereocenters. The van der Waals surface area contributed by atoms with Crippen LogP contribution in [0.3, 0.4) is 0 Å². The van der Waals surface area contributed by atoms with Gasteiger partial charge in [-0.1, -0.05) is 23.7 Å². The predicted molar refractivity (Wildman–Crippen MR) is 76.5 cm³/mol. The molecule has 1 saturated carbocycles. The van der Waals surface area contributed by atoms with Gasteiger partial charge in [0, 0.05) is 18.1 Å². The number of nitrogens with one attached hydrogen (secondary N) is 2. The molecule has 100 valence electrons. The van der Waals surface area contributed by atoms with Crippen LogP contribution in [0.25, 0.3) is 0 Å². The van der Waals surface area contributed by atoms with Crippen molar-refractivity contribution in [3.63, 3.8) is 0 Å². The van der Waals surface area contributed by atoms with E-state index in [0.717, 1.165) is 24.9 Å². The van der Waals surface area contributed by atoms with Crippen LogP contribution in [0.15, 0.2) is 24.3 Å². The van der Waals surface area contributed by atoms with Crippen LogP contribution in [-0.2, 0) is 10.2 Å². The summed E-state index contributed by atoms with van der Waals surface area (Å²) in [6, 6.07) is 7.61. The molecule has 0 aromatic heterocycles. The highest BCUT2D eigenvalue weighted by molar-refractivity contribution is 6.30. The maximum Gasteiger partial charge on any atom is 0.230 e. The third-order valence-corrected chi connectivity index (χ3v) is 3.46. The summed E-state index contributed by atoms with van der Waals surface area (Å²) in [7, 11) is 1.87. The fourth-order valence-electron chi connectivity index (χ4n) is 2.03. The molecule has 5 heteroatoms. The van der Waals surface area contributed by atoms with Gasteiger partial charge in [-0.25, -0.2) is 0 Å². The topological polar surface area (TPSA) is 41.1 Å². The van der Waals surface area contributed by atoms with Crippen LogP contribution in [0.5, 0.6) is 0 Å². The van der Waals surface area contributed by atoms with E-state index in [-0.39, 0.29) is 23.7 Å². The van der Waals surface area contributed by atoms with Crippen LogP contribution >= 0.6 is 24.0 Å². The van der Waals surface area contributed by atoms with E-state index in [9.17, 15) is 4.79 Å². The molecule has 1 aliphatic carbocycles. The molecule has 18 heavy (non-hydrogen) atoms. The van der Waals surface area contributed by atoms with E-state index in [1.807, 2.05) is 31.3 Å². The van der Waals surface area contributed by atoms with Gasteiger partial charge in [-0.2, -0.15) is 0 Å². The Morgan fingerprint density at radius 1 is 1.39 bits per heavy atom. The van der Waals surface area contributed by atoms with Crippen molar-refractivity contribution in [3.8, 4) is 0 Å². The smallest absolute Gasteiger partial charge is 0.230 e. The SMILES string of the molecule is CNCCNC(=O)C1(c2cccc(Cl)c2)CC1.Cl. The number of rotatable bonds is 5. The lowest BCUT2D eigenvalue weighted by Gasteiger charge is -2.16. The highest BCUT2D eigenvalue weighted by atomic mass is 35.5. The molecular weight excluding hydrogens is 271 g/mol. The maximum absolute atomic E-state index is 12.1. The van der Waals surface area contributed by atoms with Gasteiger partial charge in [0.05, 0.1) is 5.41 Å². The van der Waals surface area contributed by atoms with E-state index in [0.29, 0.717) is 11.6 Å². The molecule has 1 aliphatic rings. The van der Waals surface area contributed by atoms with Crippen LogP contribution in [-0.4, -0.2) is 26.0 Å². The second-order valence-corrected chi connectivity index (χ2v) is 4.89. The lowest BCUT2D eigenvalue weighted by molar-refractivity contribution is -0.123. The standard InChI is InChI=1S/C13H17ClN2O.ClH/c1-15-7-8-16-12(17)13(5-6-13)10-3-2-4-11(14)9-10;/h2-4,9,15H,5-8H2,1H3,(H,16,17);1H. The number of carbonyl (C=O) groups is 1. The van der Waals surface area contributed by atoms with Crippen molar-refractivity contribution < 1.29 is 4.79 Å². The zero-order valence-corrected chi connectivity index (χ0v) is 11.9. The van der Waals surface area contributed by atoms with Crippen molar-refractivity contribution in [1.82, 2.24) is 10.6 Å². The van der Waals surface area contributed by atoms with Gasteiger partial charge in [-0.05, 0) is 37.6 Å².